The van der Waals surface area contributed by atoms with Crippen LogP contribution in [-0.2, 0) is 0 Å². The molecule has 26 heavy (non-hydrogen) atoms. The Morgan fingerprint density at radius 2 is 2.00 bits per heavy atom. The van der Waals surface area contributed by atoms with Crippen LogP contribution in [-0.4, -0.2) is 25.1 Å². The molecule has 0 bridgehead atoms. The quantitative estimate of drug-likeness (QED) is 0.665. The third kappa shape index (κ3) is 3.66. The highest BCUT2D eigenvalue weighted by molar-refractivity contribution is 7.13. The molecule has 0 fully saturated rings. The van der Waals surface area contributed by atoms with E-state index in [1.165, 1.54) is 11.3 Å². The minimum absolute atomic E-state index is 0.312. The van der Waals surface area contributed by atoms with Crippen molar-refractivity contribution in [2.45, 2.75) is 6.92 Å². The summed E-state index contributed by atoms with van der Waals surface area (Å²) in [4.78, 5) is 16.9. The van der Waals surface area contributed by atoms with Gasteiger partial charge in [-0.05, 0) is 36.8 Å². The summed E-state index contributed by atoms with van der Waals surface area (Å²) in [5, 5.41) is 5.64. The van der Waals surface area contributed by atoms with Crippen LogP contribution >= 0.6 is 22.9 Å². The van der Waals surface area contributed by atoms with Crippen LogP contribution in [0.5, 0.6) is 11.5 Å². The molecule has 5 nitrogen and oxygen atoms in total. The van der Waals surface area contributed by atoms with Crippen LogP contribution < -0.4 is 14.8 Å². The second-order valence-corrected chi connectivity index (χ2v) is 6.78. The number of methoxy groups -OCH3 is 2. The summed E-state index contributed by atoms with van der Waals surface area (Å²) < 4.78 is 10.8. The zero-order valence-electron chi connectivity index (χ0n) is 14.5. The number of halogens is 1. The van der Waals surface area contributed by atoms with Gasteiger partial charge in [0.25, 0.3) is 5.91 Å². The average molecular weight is 389 g/mol. The van der Waals surface area contributed by atoms with Gasteiger partial charge in [0.2, 0.25) is 0 Å². The largest absolute Gasteiger partial charge is 0.493 e. The molecule has 0 saturated carbocycles. The first-order valence-corrected chi connectivity index (χ1v) is 9.03. The minimum Gasteiger partial charge on any atom is -0.493 e. The fourth-order valence-electron chi connectivity index (χ4n) is 2.47. The van der Waals surface area contributed by atoms with Crippen molar-refractivity contribution >= 4 is 34.5 Å². The number of ether oxygens (including phenoxy) is 2. The Morgan fingerprint density at radius 1 is 1.19 bits per heavy atom. The maximum Gasteiger partial charge on any atom is 0.275 e. The van der Waals surface area contributed by atoms with Gasteiger partial charge in [-0.25, -0.2) is 4.98 Å². The van der Waals surface area contributed by atoms with Gasteiger partial charge < -0.3 is 14.8 Å². The molecule has 0 atom stereocenters. The molecule has 0 aliphatic rings. The molecule has 3 aromatic rings. The van der Waals surface area contributed by atoms with Gasteiger partial charge in [0, 0.05) is 5.38 Å². The van der Waals surface area contributed by atoms with E-state index in [9.17, 15) is 4.79 Å². The number of aromatic nitrogens is 1. The Hall–Kier alpha value is -2.57. The number of carbonyl (C=O) groups is 1. The van der Waals surface area contributed by atoms with Crippen molar-refractivity contribution in [1.29, 1.82) is 0 Å². The van der Waals surface area contributed by atoms with Crippen molar-refractivity contribution in [2.75, 3.05) is 19.5 Å². The van der Waals surface area contributed by atoms with Crippen LogP contribution in [0.15, 0.2) is 41.8 Å². The number of nitrogens with zero attached hydrogens (tertiary/aromatic N) is 1. The lowest BCUT2D eigenvalue weighted by Gasteiger charge is -2.10. The van der Waals surface area contributed by atoms with E-state index in [-0.39, 0.29) is 5.91 Å². The Balaban J connectivity index is 1.87. The summed E-state index contributed by atoms with van der Waals surface area (Å²) in [6.45, 7) is 1.94. The van der Waals surface area contributed by atoms with Crippen LogP contribution in [0.3, 0.4) is 0 Å². The molecule has 3 rings (SSSR count). The highest BCUT2D eigenvalue weighted by Crippen LogP contribution is 2.39. The Labute approximate surface area is 160 Å². The number of anilines is 1. The van der Waals surface area contributed by atoms with Crippen molar-refractivity contribution in [3.05, 3.63) is 58.1 Å². The smallest absolute Gasteiger partial charge is 0.275 e. The molecular weight excluding hydrogens is 372 g/mol. The van der Waals surface area contributed by atoms with Crippen molar-refractivity contribution in [3.8, 4) is 22.1 Å². The number of hydrogen-bond donors (Lipinski definition) is 1. The molecule has 0 radical (unpaired) electrons. The fourth-order valence-corrected chi connectivity index (χ4v) is 3.57. The van der Waals surface area contributed by atoms with Crippen molar-refractivity contribution in [2.24, 2.45) is 0 Å². The highest BCUT2D eigenvalue weighted by Gasteiger charge is 2.17. The number of carbonyl (C=O) groups excluding carboxylic acids is 1. The van der Waals surface area contributed by atoms with E-state index in [2.05, 4.69) is 10.3 Å². The first kappa shape index (κ1) is 18.2. The highest BCUT2D eigenvalue weighted by atomic mass is 35.5. The summed E-state index contributed by atoms with van der Waals surface area (Å²) in [7, 11) is 3.15. The number of hydrogen-bond acceptors (Lipinski definition) is 5. The number of aryl methyl sites for hydroxylation is 1. The van der Waals surface area contributed by atoms with Gasteiger partial charge in [-0.3, -0.25) is 4.79 Å². The number of para-hydroxylation sites is 1. The number of thiazole rings is 1. The first-order valence-electron chi connectivity index (χ1n) is 7.78. The molecule has 1 N–H and O–H groups in total. The van der Waals surface area contributed by atoms with Crippen LogP contribution in [0.1, 0.15) is 16.1 Å². The van der Waals surface area contributed by atoms with E-state index >= 15 is 0 Å². The summed E-state index contributed by atoms with van der Waals surface area (Å²) >= 11 is 7.53. The molecular formula is C19H17ClN2O3S. The molecule has 1 aromatic heterocycles. The van der Waals surface area contributed by atoms with Crippen LogP contribution in [0, 0.1) is 6.92 Å². The molecule has 1 amide bonds. The zero-order chi connectivity index (χ0) is 18.7. The predicted octanol–water partition coefficient (Wildman–Crippen LogP) is 5.04. The van der Waals surface area contributed by atoms with Gasteiger partial charge in [-0.2, -0.15) is 0 Å². The van der Waals surface area contributed by atoms with Gasteiger partial charge in [-0.15, -0.1) is 11.3 Å². The lowest BCUT2D eigenvalue weighted by atomic mass is 10.2. The standard InChI is InChI=1S/C19H17ClN2O3S/c1-11-7-8-14(13(20)9-11)21-18(23)15-10-26-19(22-15)12-5-4-6-16(24-2)17(12)25-3/h4-10H,1-3H3,(H,21,23). The molecule has 0 saturated heterocycles. The van der Waals surface area contributed by atoms with E-state index in [1.54, 1.807) is 31.7 Å². The minimum atomic E-state index is -0.319. The SMILES string of the molecule is COc1cccc(-c2nc(C(=O)Nc3ccc(C)cc3Cl)cs2)c1OC. The molecule has 134 valence electrons. The normalized spacial score (nSPS) is 10.5. The van der Waals surface area contributed by atoms with Crippen molar-refractivity contribution < 1.29 is 14.3 Å². The van der Waals surface area contributed by atoms with Gasteiger partial charge in [0.15, 0.2) is 11.5 Å². The van der Waals surface area contributed by atoms with Crippen LogP contribution in [0.4, 0.5) is 5.69 Å². The lowest BCUT2D eigenvalue weighted by Crippen LogP contribution is -2.12. The molecule has 7 heteroatoms. The van der Waals surface area contributed by atoms with Gasteiger partial charge >= 0.3 is 0 Å². The first-order chi connectivity index (χ1) is 12.5. The van der Waals surface area contributed by atoms with E-state index in [0.717, 1.165) is 11.1 Å². The van der Waals surface area contributed by atoms with Crippen LogP contribution in [0.25, 0.3) is 10.6 Å². The summed E-state index contributed by atoms with van der Waals surface area (Å²) in [5.74, 6) is 0.871. The maximum atomic E-state index is 12.5. The molecule has 0 unspecified atom stereocenters. The van der Waals surface area contributed by atoms with Crippen molar-refractivity contribution in [1.82, 2.24) is 4.98 Å². The average Bonchev–Trinajstić information content (AvgIpc) is 3.13. The molecule has 0 aliphatic heterocycles. The van der Waals surface area contributed by atoms with E-state index in [0.29, 0.717) is 32.9 Å². The molecule has 0 spiro atoms. The van der Waals surface area contributed by atoms with E-state index in [1.807, 2.05) is 31.2 Å². The number of rotatable bonds is 5. The number of nitrogens with one attached hydrogen (secondary N) is 1. The van der Waals surface area contributed by atoms with Gasteiger partial charge in [0.05, 0.1) is 30.5 Å². The van der Waals surface area contributed by atoms with Gasteiger partial charge in [0.1, 0.15) is 10.7 Å². The second-order valence-electron chi connectivity index (χ2n) is 5.52. The Kier molecular flexibility index (Phi) is 5.44. The Morgan fingerprint density at radius 3 is 2.69 bits per heavy atom. The third-order valence-electron chi connectivity index (χ3n) is 3.74. The fraction of sp³-hybridized carbons (Fsp3) is 0.158. The summed E-state index contributed by atoms with van der Waals surface area (Å²) in [6.07, 6.45) is 0. The summed E-state index contributed by atoms with van der Waals surface area (Å²) in [6, 6.07) is 11.0. The summed E-state index contributed by atoms with van der Waals surface area (Å²) in [5.41, 5.74) is 2.65. The predicted molar refractivity (Wildman–Crippen MR) is 105 cm³/mol. The Bertz CT molecular complexity index is 956. The van der Waals surface area contributed by atoms with E-state index in [4.69, 9.17) is 21.1 Å². The third-order valence-corrected chi connectivity index (χ3v) is 4.93. The lowest BCUT2D eigenvalue weighted by molar-refractivity contribution is 0.102. The zero-order valence-corrected chi connectivity index (χ0v) is 16.1. The van der Waals surface area contributed by atoms with Gasteiger partial charge in [-0.1, -0.05) is 23.7 Å². The molecule has 1 heterocycles. The molecule has 2 aromatic carbocycles. The van der Waals surface area contributed by atoms with Crippen molar-refractivity contribution in [3.63, 3.8) is 0 Å². The topological polar surface area (TPSA) is 60.5 Å². The second kappa shape index (κ2) is 7.76. The molecule has 0 aliphatic carbocycles. The van der Waals surface area contributed by atoms with E-state index < -0.39 is 0 Å². The number of amides is 1. The maximum absolute atomic E-state index is 12.5. The number of benzene rings is 2. The van der Waals surface area contributed by atoms with Crippen LogP contribution in [0.2, 0.25) is 5.02 Å². The monoisotopic (exact) mass is 388 g/mol.